The van der Waals surface area contributed by atoms with Crippen LogP contribution in [0, 0.1) is 12.8 Å². The molecular weight excluding hydrogens is 298 g/mol. The van der Waals surface area contributed by atoms with E-state index >= 15 is 0 Å². The van der Waals surface area contributed by atoms with E-state index in [2.05, 4.69) is 29.1 Å². The standard InChI is InChI=1S/C16H23N3O2S/c1-11(2)9-19-14-5-6-15(21-4)12(3)13(14)10-22(20)16-17-7-8-18-16/h5-8,11,19H,9-10H2,1-4H3,(H,17,18). The topological polar surface area (TPSA) is 67.0 Å². The van der Waals surface area contributed by atoms with Gasteiger partial charge < -0.3 is 15.0 Å². The number of hydrogen-bond donors (Lipinski definition) is 2. The van der Waals surface area contributed by atoms with Crippen LogP contribution < -0.4 is 10.1 Å². The summed E-state index contributed by atoms with van der Waals surface area (Å²) < 4.78 is 17.9. The second-order valence-electron chi connectivity index (χ2n) is 5.58. The van der Waals surface area contributed by atoms with Gasteiger partial charge in [-0.05, 0) is 36.1 Å². The number of ether oxygens (including phenoxy) is 1. The molecule has 1 heterocycles. The third-order valence-corrected chi connectivity index (χ3v) is 4.64. The SMILES string of the molecule is COc1ccc(NCC(C)C)c(CS(=O)c2ncc[nH]2)c1C. The average Bonchev–Trinajstić information content (AvgIpc) is 3.02. The number of nitrogens with one attached hydrogen (secondary N) is 2. The van der Waals surface area contributed by atoms with Crippen molar-refractivity contribution in [2.75, 3.05) is 19.0 Å². The Morgan fingerprint density at radius 2 is 2.18 bits per heavy atom. The number of anilines is 1. The highest BCUT2D eigenvalue weighted by molar-refractivity contribution is 7.84. The lowest BCUT2D eigenvalue weighted by atomic mass is 10.1. The molecule has 0 spiro atoms. The van der Waals surface area contributed by atoms with Gasteiger partial charge in [0.2, 0.25) is 0 Å². The summed E-state index contributed by atoms with van der Waals surface area (Å²) in [6, 6.07) is 3.93. The van der Waals surface area contributed by atoms with Gasteiger partial charge in [0.25, 0.3) is 0 Å². The van der Waals surface area contributed by atoms with Crippen molar-refractivity contribution < 1.29 is 8.95 Å². The van der Waals surface area contributed by atoms with Crippen LogP contribution in [-0.2, 0) is 16.6 Å². The number of methoxy groups -OCH3 is 1. The van der Waals surface area contributed by atoms with Gasteiger partial charge in [0, 0.05) is 24.6 Å². The molecule has 0 saturated heterocycles. The van der Waals surface area contributed by atoms with Crippen molar-refractivity contribution in [3.8, 4) is 5.75 Å². The molecule has 0 saturated carbocycles. The van der Waals surface area contributed by atoms with Crippen LogP contribution >= 0.6 is 0 Å². The van der Waals surface area contributed by atoms with E-state index in [4.69, 9.17) is 4.74 Å². The fourth-order valence-corrected chi connectivity index (χ4v) is 3.35. The maximum Gasteiger partial charge on any atom is 0.196 e. The first-order valence-corrected chi connectivity index (χ1v) is 8.63. The van der Waals surface area contributed by atoms with Crippen LogP contribution in [0.15, 0.2) is 29.7 Å². The highest BCUT2D eigenvalue weighted by atomic mass is 32.2. The second kappa shape index (κ2) is 7.45. The maximum absolute atomic E-state index is 12.5. The molecule has 0 aliphatic carbocycles. The Morgan fingerprint density at radius 3 is 2.77 bits per heavy atom. The Hall–Kier alpha value is -1.82. The molecular formula is C16H23N3O2S. The zero-order valence-corrected chi connectivity index (χ0v) is 14.3. The quantitative estimate of drug-likeness (QED) is 0.822. The second-order valence-corrected chi connectivity index (χ2v) is 6.94. The Kier molecular flexibility index (Phi) is 5.60. The Labute approximate surface area is 134 Å². The first kappa shape index (κ1) is 16.5. The zero-order valence-electron chi connectivity index (χ0n) is 13.5. The molecule has 0 aliphatic heterocycles. The molecule has 6 heteroatoms. The van der Waals surface area contributed by atoms with Crippen LogP contribution in [0.4, 0.5) is 5.69 Å². The van der Waals surface area contributed by atoms with E-state index in [9.17, 15) is 4.21 Å². The summed E-state index contributed by atoms with van der Waals surface area (Å²) in [5.41, 5.74) is 3.03. The van der Waals surface area contributed by atoms with Crippen molar-refractivity contribution >= 4 is 16.5 Å². The third kappa shape index (κ3) is 3.88. The summed E-state index contributed by atoms with van der Waals surface area (Å²) in [5.74, 6) is 1.74. The van der Waals surface area contributed by atoms with Gasteiger partial charge in [0.05, 0.1) is 23.7 Å². The minimum atomic E-state index is -1.21. The first-order chi connectivity index (χ1) is 10.5. The zero-order chi connectivity index (χ0) is 16.1. The van der Waals surface area contributed by atoms with Crippen LogP contribution in [0.25, 0.3) is 0 Å². The monoisotopic (exact) mass is 321 g/mol. The summed E-state index contributed by atoms with van der Waals surface area (Å²) in [5, 5.41) is 3.93. The van der Waals surface area contributed by atoms with E-state index in [1.165, 1.54) is 0 Å². The fourth-order valence-electron chi connectivity index (χ4n) is 2.20. The smallest absolute Gasteiger partial charge is 0.196 e. The van der Waals surface area contributed by atoms with E-state index < -0.39 is 10.8 Å². The third-order valence-electron chi connectivity index (χ3n) is 3.43. The molecule has 0 radical (unpaired) electrons. The number of imidazole rings is 1. The van der Waals surface area contributed by atoms with Crippen molar-refractivity contribution in [3.63, 3.8) is 0 Å². The molecule has 0 fully saturated rings. The van der Waals surface area contributed by atoms with Gasteiger partial charge in [-0.1, -0.05) is 13.8 Å². The summed E-state index contributed by atoms with van der Waals surface area (Å²) in [4.78, 5) is 6.99. The van der Waals surface area contributed by atoms with Crippen LogP contribution in [0.2, 0.25) is 0 Å². The lowest BCUT2D eigenvalue weighted by molar-refractivity contribution is 0.411. The van der Waals surface area contributed by atoms with Gasteiger partial charge in [0.1, 0.15) is 5.75 Å². The first-order valence-electron chi connectivity index (χ1n) is 7.31. The Bertz CT molecular complexity index is 639. The summed E-state index contributed by atoms with van der Waals surface area (Å²) in [6.07, 6.45) is 3.30. The lowest BCUT2D eigenvalue weighted by Gasteiger charge is -2.17. The molecule has 0 amide bonds. The minimum Gasteiger partial charge on any atom is -0.496 e. The number of nitrogens with zero attached hydrogens (tertiary/aromatic N) is 1. The van der Waals surface area contributed by atoms with Crippen LogP contribution in [0.3, 0.4) is 0 Å². The van der Waals surface area contributed by atoms with Crippen LogP contribution in [0.5, 0.6) is 5.75 Å². The number of aromatic nitrogens is 2. The predicted octanol–water partition coefficient (Wildman–Crippen LogP) is 3.10. The molecule has 22 heavy (non-hydrogen) atoms. The summed E-state index contributed by atoms with van der Waals surface area (Å²) >= 11 is 0. The lowest BCUT2D eigenvalue weighted by Crippen LogP contribution is -2.12. The highest BCUT2D eigenvalue weighted by Gasteiger charge is 2.16. The number of benzene rings is 1. The molecule has 0 bridgehead atoms. The molecule has 1 aromatic heterocycles. The Balaban J connectivity index is 2.30. The van der Waals surface area contributed by atoms with Gasteiger partial charge in [0.15, 0.2) is 5.16 Å². The molecule has 5 nitrogen and oxygen atoms in total. The van der Waals surface area contributed by atoms with Crippen molar-refractivity contribution in [1.29, 1.82) is 0 Å². The van der Waals surface area contributed by atoms with Gasteiger partial charge in [-0.15, -0.1) is 0 Å². The molecule has 1 aromatic carbocycles. The van der Waals surface area contributed by atoms with Crippen molar-refractivity contribution in [2.45, 2.75) is 31.7 Å². The molecule has 120 valence electrons. The van der Waals surface area contributed by atoms with Crippen LogP contribution in [-0.4, -0.2) is 27.8 Å². The van der Waals surface area contributed by atoms with E-state index in [1.807, 2.05) is 19.1 Å². The number of rotatable bonds is 7. The summed E-state index contributed by atoms with van der Waals surface area (Å²) in [7, 11) is 0.439. The molecule has 0 aliphatic rings. The predicted molar refractivity (Wildman–Crippen MR) is 89.8 cm³/mol. The van der Waals surface area contributed by atoms with Crippen molar-refractivity contribution in [1.82, 2.24) is 9.97 Å². The normalized spacial score (nSPS) is 12.4. The molecule has 2 N–H and O–H groups in total. The largest absolute Gasteiger partial charge is 0.496 e. The molecule has 1 unspecified atom stereocenters. The Morgan fingerprint density at radius 1 is 1.41 bits per heavy atom. The van der Waals surface area contributed by atoms with Crippen LogP contribution in [0.1, 0.15) is 25.0 Å². The highest BCUT2D eigenvalue weighted by Crippen LogP contribution is 2.30. The van der Waals surface area contributed by atoms with Gasteiger partial charge in [-0.25, -0.2) is 4.98 Å². The molecule has 2 aromatic rings. The maximum atomic E-state index is 12.5. The van der Waals surface area contributed by atoms with Crippen molar-refractivity contribution in [3.05, 3.63) is 35.7 Å². The number of aromatic amines is 1. The van der Waals surface area contributed by atoms with E-state index in [0.717, 1.165) is 29.1 Å². The summed E-state index contributed by atoms with van der Waals surface area (Å²) in [6.45, 7) is 7.17. The van der Waals surface area contributed by atoms with Gasteiger partial charge in [-0.2, -0.15) is 0 Å². The molecule has 1 atom stereocenters. The number of hydrogen-bond acceptors (Lipinski definition) is 4. The minimum absolute atomic E-state index is 0.400. The average molecular weight is 321 g/mol. The number of H-pyrrole nitrogens is 1. The van der Waals surface area contributed by atoms with E-state index in [1.54, 1.807) is 19.5 Å². The van der Waals surface area contributed by atoms with E-state index in [0.29, 0.717) is 16.8 Å². The van der Waals surface area contributed by atoms with Gasteiger partial charge >= 0.3 is 0 Å². The van der Waals surface area contributed by atoms with Gasteiger partial charge in [-0.3, -0.25) is 4.21 Å². The van der Waals surface area contributed by atoms with E-state index in [-0.39, 0.29) is 0 Å². The molecule has 2 rings (SSSR count). The fraction of sp³-hybridized carbons (Fsp3) is 0.438. The van der Waals surface area contributed by atoms with Crippen molar-refractivity contribution in [2.24, 2.45) is 5.92 Å².